The lowest BCUT2D eigenvalue weighted by molar-refractivity contribution is -0.00730. The Morgan fingerprint density at radius 3 is 2.27 bits per heavy atom. The summed E-state index contributed by atoms with van der Waals surface area (Å²) in [4.78, 5) is 5.07. The van der Waals surface area contributed by atoms with Crippen LogP contribution >= 0.6 is 0 Å². The van der Waals surface area contributed by atoms with Gasteiger partial charge in [0.2, 0.25) is 0 Å². The highest BCUT2D eigenvalue weighted by Gasteiger charge is 2.30. The van der Waals surface area contributed by atoms with E-state index >= 15 is 0 Å². The van der Waals surface area contributed by atoms with Crippen LogP contribution < -0.4 is 0 Å². The van der Waals surface area contributed by atoms with E-state index in [1.165, 1.54) is 5.56 Å². The number of methoxy groups -OCH3 is 2. The van der Waals surface area contributed by atoms with Crippen LogP contribution in [-0.4, -0.2) is 68.9 Å². The first-order valence-electron chi connectivity index (χ1n) is 8.20. The molecule has 4 nitrogen and oxygen atoms in total. The van der Waals surface area contributed by atoms with Crippen molar-refractivity contribution in [3.63, 3.8) is 0 Å². The lowest BCUT2D eigenvalue weighted by Crippen LogP contribution is -2.57. The summed E-state index contributed by atoms with van der Waals surface area (Å²) < 4.78 is 11.0. The minimum absolute atomic E-state index is 0.145. The Bertz CT molecular complexity index is 414. The summed E-state index contributed by atoms with van der Waals surface area (Å²) in [6.45, 7) is 9.55. The number of hydrogen-bond donors (Lipinski definition) is 0. The molecule has 1 aromatic carbocycles. The molecule has 1 heterocycles. The molecule has 0 spiro atoms. The summed E-state index contributed by atoms with van der Waals surface area (Å²) in [5.41, 5.74) is 1.26. The minimum Gasteiger partial charge on any atom is -0.383 e. The van der Waals surface area contributed by atoms with Crippen LogP contribution in [0.2, 0.25) is 0 Å². The maximum Gasteiger partial charge on any atom is 0.0947 e. The highest BCUT2D eigenvalue weighted by Crippen LogP contribution is 2.21. The molecule has 0 N–H and O–H groups in total. The monoisotopic (exact) mass is 306 g/mol. The molecule has 124 valence electrons. The van der Waals surface area contributed by atoms with Gasteiger partial charge in [0.1, 0.15) is 0 Å². The lowest BCUT2D eigenvalue weighted by Gasteiger charge is -2.45. The van der Waals surface area contributed by atoms with E-state index in [9.17, 15) is 0 Å². The van der Waals surface area contributed by atoms with Gasteiger partial charge in [-0.25, -0.2) is 0 Å². The van der Waals surface area contributed by atoms with Gasteiger partial charge in [0, 0.05) is 52.5 Å². The number of piperazine rings is 1. The second-order valence-electron chi connectivity index (χ2n) is 6.28. The molecule has 2 rings (SSSR count). The van der Waals surface area contributed by atoms with Crippen LogP contribution in [0.25, 0.3) is 0 Å². The van der Waals surface area contributed by atoms with Gasteiger partial charge in [-0.3, -0.25) is 9.80 Å². The quantitative estimate of drug-likeness (QED) is 0.772. The van der Waals surface area contributed by atoms with Crippen molar-refractivity contribution < 1.29 is 9.47 Å². The van der Waals surface area contributed by atoms with Crippen LogP contribution in [0.3, 0.4) is 0 Å². The van der Waals surface area contributed by atoms with Crippen molar-refractivity contribution in [2.24, 2.45) is 0 Å². The van der Waals surface area contributed by atoms with E-state index in [1.54, 1.807) is 14.2 Å². The van der Waals surface area contributed by atoms with Gasteiger partial charge in [0.25, 0.3) is 0 Å². The third kappa shape index (κ3) is 4.53. The number of ether oxygens (including phenoxy) is 2. The molecule has 1 fully saturated rings. The Balaban J connectivity index is 1.94. The van der Waals surface area contributed by atoms with Gasteiger partial charge in [0.15, 0.2) is 0 Å². The largest absolute Gasteiger partial charge is 0.383 e. The van der Waals surface area contributed by atoms with Gasteiger partial charge < -0.3 is 9.47 Å². The average Bonchev–Trinajstić information content (AvgIpc) is 2.53. The molecule has 0 radical (unpaired) electrons. The predicted octanol–water partition coefficient (Wildman–Crippen LogP) is 2.42. The summed E-state index contributed by atoms with van der Waals surface area (Å²) in [5, 5.41) is 0. The molecule has 3 atom stereocenters. The molecule has 1 saturated heterocycles. The van der Waals surface area contributed by atoms with Gasteiger partial charge in [-0.1, -0.05) is 30.3 Å². The number of hydrogen-bond acceptors (Lipinski definition) is 4. The fraction of sp³-hybridized carbons (Fsp3) is 0.667. The average molecular weight is 306 g/mol. The topological polar surface area (TPSA) is 24.9 Å². The van der Waals surface area contributed by atoms with Crippen molar-refractivity contribution in [2.45, 2.75) is 32.0 Å². The molecule has 1 aromatic rings. The van der Waals surface area contributed by atoms with Gasteiger partial charge in [-0.15, -0.1) is 0 Å². The minimum atomic E-state index is 0.145. The van der Waals surface area contributed by atoms with Crippen molar-refractivity contribution >= 4 is 0 Å². The zero-order valence-corrected chi connectivity index (χ0v) is 14.4. The Morgan fingerprint density at radius 2 is 1.73 bits per heavy atom. The van der Waals surface area contributed by atoms with Crippen LogP contribution in [0.4, 0.5) is 0 Å². The fourth-order valence-electron chi connectivity index (χ4n) is 3.47. The third-order valence-electron chi connectivity index (χ3n) is 4.61. The molecular formula is C18H30N2O2. The Morgan fingerprint density at radius 1 is 1.09 bits per heavy atom. The van der Waals surface area contributed by atoms with Crippen molar-refractivity contribution in [1.82, 2.24) is 9.80 Å². The summed E-state index contributed by atoms with van der Waals surface area (Å²) in [6, 6.07) is 11.6. The second-order valence-corrected chi connectivity index (χ2v) is 6.28. The second kappa shape index (κ2) is 8.63. The van der Waals surface area contributed by atoms with Gasteiger partial charge in [-0.2, -0.15) is 0 Å². The van der Waals surface area contributed by atoms with E-state index in [4.69, 9.17) is 9.47 Å². The summed E-state index contributed by atoms with van der Waals surface area (Å²) in [7, 11) is 3.58. The first-order chi connectivity index (χ1) is 10.7. The molecule has 0 amide bonds. The Kier molecular flexibility index (Phi) is 6.83. The first kappa shape index (κ1) is 17.4. The van der Waals surface area contributed by atoms with Gasteiger partial charge >= 0.3 is 0 Å². The number of nitrogens with zero attached hydrogens (tertiary/aromatic N) is 2. The highest BCUT2D eigenvalue weighted by molar-refractivity contribution is 5.18. The van der Waals surface area contributed by atoms with Gasteiger partial charge in [-0.05, 0) is 19.4 Å². The van der Waals surface area contributed by atoms with E-state index in [0.29, 0.717) is 12.1 Å². The zero-order chi connectivity index (χ0) is 15.9. The maximum absolute atomic E-state index is 5.73. The van der Waals surface area contributed by atoms with Crippen molar-refractivity contribution in [2.75, 3.05) is 47.0 Å². The van der Waals surface area contributed by atoms with Gasteiger partial charge in [0.05, 0.1) is 12.7 Å². The summed E-state index contributed by atoms with van der Waals surface area (Å²) in [5.74, 6) is 0. The van der Waals surface area contributed by atoms with E-state index in [2.05, 4.69) is 54.0 Å². The first-order valence-corrected chi connectivity index (χ1v) is 8.20. The molecule has 0 unspecified atom stereocenters. The lowest BCUT2D eigenvalue weighted by atomic mass is 10.0. The smallest absolute Gasteiger partial charge is 0.0947 e. The van der Waals surface area contributed by atoms with Crippen LogP contribution in [0.15, 0.2) is 30.3 Å². The van der Waals surface area contributed by atoms with Crippen LogP contribution in [0.1, 0.15) is 25.5 Å². The molecular weight excluding hydrogens is 276 g/mol. The van der Waals surface area contributed by atoms with Crippen molar-refractivity contribution in [3.05, 3.63) is 35.9 Å². The molecule has 1 aliphatic rings. The van der Waals surface area contributed by atoms with E-state index in [1.807, 2.05) is 0 Å². The van der Waals surface area contributed by atoms with Crippen LogP contribution in [0, 0.1) is 0 Å². The Hall–Kier alpha value is -0.940. The van der Waals surface area contributed by atoms with E-state index < -0.39 is 0 Å². The van der Waals surface area contributed by atoms with Crippen molar-refractivity contribution in [3.8, 4) is 0 Å². The van der Waals surface area contributed by atoms with E-state index in [-0.39, 0.29) is 6.10 Å². The zero-order valence-electron chi connectivity index (χ0n) is 14.4. The van der Waals surface area contributed by atoms with Crippen LogP contribution in [0.5, 0.6) is 0 Å². The molecule has 4 heteroatoms. The SMILES string of the molecule is COCCN1[C@H](C)CN(C[C@H](OC)c2ccccc2)C[C@@H]1C. The summed E-state index contributed by atoms with van der Waals surface area (Å²) >= 11 is 0. The normalized spacial score (nSPS) is 25.3. The number of rotatable bonds is 7. The molecule has 1 aliphatic heterocycles. The van der Waals surface area contributed by atoms with Crippen LogP contribution in [-0.2, 0) is 9.47 Å². The fourth-order valence-corrected chi connectivity index (χ4v) is 3.47. The molecule has 0 aromatic heterocycles. The highest BCUT2D eigenvalue weighted by atomic mass is 16.5. The number of benzene rings is 1. The molecule has 0 bridgehead atoms. The van der Waals surface area contributed by atoms with Crippen molar-refractivity contribution in [1.29, 1.82) is 0 Å². The summed E-state index contributed by atoms with van der Waals surface area (Å²) in [6.07, 6.45) is 0.145. The third-order valence-corrected chi connectivity index (χ3v) is 4.61. The predicted molar refractivity (Wildman–Crippen MR) is 90.1 cm³/mol. The Labute approximate surface area is 135 Å². The molecule has 22 heavy (non-hydrogen) atoms. The van der Waals surface area contributed by atoms with E-state index in [0.717, 1.165) is 32.8 Å². The standard InChI is InChI=1S/C18H30N2O2/c1-15-12-19(13-16(2)20(15)10-11-21-3)14-18(22-4)17-8-6-5-7-9-17/h5-9,15-16,18H,10-14H2,1-4H3/t15-,16+,18-/m0/s1. The maximum atomic E-state index is 5.73. The molecule has 0 saturated carbocycles. The molecule has 0 aliphatic carbocycles.